The Labute approximate surface area is 85.1 Å². The molecular formula is C11H17N3. The maximum Gasteiger partial charge on any atom is 0.153 e. The summed E-state index contributed by atoms with van der Waals surface area (Å²) in [4.78, 5) is 6.78. The molecular weight excluding hydrogens is 174 g/mol. The van der Waals surface area contributed by atoms with Crippen LogP contribution in [0.5, 0.6) is 0 Å². The van der Waals surface area contributed by atoms with Crippen molar-refractivity contribution in [3.8, 4) is 0 Å². The Hall–Kier alpha value is -1.25. The molecule has 1 N–H and O–H groups in total. The van der Waals surface area contributed by atoms with E-state index in [1.54, 1.807) is 0 Å². The summed E-state index contributed by atoms with van der Waals surface area (Å²) in [5.41, 5.74) is 1.17. The Morgan fingerprint density at radius 3 is 3.07 bits per heavy atom. The molecule has 14 heavy (non-hydrogen) atoms. The van der Waals surface area contributed by atoms with Gasteiger partial charge in [-0.05, 0) is 25.0 Å². The zero-order chi connectivity index (χ0) is 9.97. The van der Waals surface area contributed by atoms with Crippen molar-refractivity contribution < 1.29 is 0 Å². The van der Waals surface area contributed by atoms with Crippen LogP contribution in [0.4, 0.5) is 11.5 Å². The van der Waals surface area contributed by atoms with Crippen molar-refractivity contribution in [3.63, 3.8) is 0 Å². The van der Waals surface area contributed by atoms with Crippen molar-refractivity contribution in [2.24, 2.45) is 0 Å². The second kappa shape index (κ2) is 3.86. The standard InChI is InChI=1S/C11H17N3/c1-3-8-14-10(4-2)13-9-6-5-7-12-11(9)14/h5-7,10,13H,3-4,8H2,1-2H3. The van der Waals surface area contributed by atoms with Crippen molar-refractivity contribution in [2.45, 2.75) is 32.9 Å². The fourth-order valence-corrected chi connectivity index (χ4v) is 1.97. The summed E-state index contributed by atoms with van der Waals surface area (Å²) >= 11 is 0. The predicted molar refractivity (Wildman–Crippen MR) is 59.6 cm³/mol. The molecule has 0 saturated carbocycles. The molecule has 0 saturated heterocycles. The van der Waals surface area contributed by atoms with Crippen molar-refractivity contribution in [3.05, 3.63) is 18.3 Å². The maximum atomic E-state index is 4.42. The van der Waals surface area contributed by atoms with Crippen molar-refractivity contribution in [1.82, 2.24) is 4.98 Å². The van der Waals surface area contributed by atoms with E-state index in [9.17, 15) is 0 Å². The minimum absolute atomic E-state index is 0.430. The van der Waals surface area contributed by atoms with Crippen LogP contribution in [-0.4, -0.2) is 17.7 Å². The summed E-state index contributed by atoms with van der Waals surface area (Å²) in [6.07, 6.45) is 4.56. The van der Waals surface area contributed by atoms with Crippen molar-refractivity contribution in [2.75, 3.05) is 16.8 Å². The number of rotatable bonds is 3. The largest absolute Gasteiger partial charge is 0.362 e. The van der Waals surface area contributed by atoms with E-state index >= 15 is 0 Å². The number of pyridine rings is 1. The lowest BCUT2D eigenvalue weighted by Crippen LogP contribution is -2.35. The summed E-state index contributed by atoms with van der Waals surface area (Å²) in [5, 5.41) is 3.48. The Morgan fingerprint density at radius 1 is 1.50 bits per heavy atom. The Bertz CT molecular complexity index is 311. The number of aromatic nitrogens is 1. The molecule has 2 heterocycles. The van der Waals surface area contributed by atoms with E-state index in [1.165, 1.54) is 5.69 Å². The van der Waals surface area contributed by atoms with Gasteiger partial charge < -0.3 is 10.2 Å². The highest BCUT2D eigenvalue weighted by Crippen LogP contribution is 2.32. The van der Waals surface area contributed by atoms with Gasteiger partial charge in [0.2, 0.25) is 0 Å². The second-order valence-corrected chi connectivity index (χ2v) is 3.64. The van der Waals surface area contributed by atoms with Crippen LogP contribution in [0.25, 0.3) is 0 Å². The Balaban J connectivity index is 2.27. The fourth-order valence-electron chi connectivity index (χ4n) is 1.97. The van der Waals surface area contributed by atoms with Gasteiger partial charge in [0.1, 0.15) is 6.17 Å². The molecule has 0 spiro atoms. The van der Waals surface area contributed by atoms with E-state index in [1.807, 2.05) is 12.3 Å². The number of nitrogens with one attached hydrogen (secondary N) is 1. The van der Waals surface area contributed by atoms with Gasteiger partial charge in [0, 0.05) is 12.7 Å². The number of nitrogens with zero attached hydrogens (tertiary/aromatic N) is 2. The number of hydrogen-bond donors (Lipinski definition) is 1. The molecule has 0 aromatic carbocycles. The van der Waals surface area contributed by atoms with E-state index in [0.717, 1.165) is 25.2 Å². The molecule has 0 fully saturated rings. The van der Waals surface area contributed by atoms with Gasteiger partial charge in [0.05, 0.1) is 5.69 Å². The third kappa shape index (κ3) is 1.43. The van der Waals surface area contributed by atoms with Gasteiger partial charge in [-0.25, -0.2) is 4.98 Å². The zero-order valence-electron chi connectivity index (χ0n) is 8.83. The predicted octanol–water partition coefficient (Wildman–Crippen LogP) is 2.46. The molecule has 1 unspecified atom stereocenters. The van der Waals surface area contributed by atoms with E-state index in [0.29, 0.717) is 6.17 Å². The van der Waals surface area contributed by atoms with Gasteiger partial charge in [-0.15, -0.1) is 0 Å². The first-order valence-electron chi connectivity index (χ1n) is 5.35. The van der Waals surface area contributed by atoms with Gasteiger partial charge in [0.15, 0.2) is 5.82 Å². The van der Waals surface area contributed by atoms with Crippen LogP contribution in [-0.2, 0) is 0 Å². The average Bonchev–Trinajstić information content (AvgIpc) is 2.58. The highest BCUT2D eigenvalue weighted by Gasteiger charge is 2.26. The molecule has 1 aromatic heterocycles. The smallest absolute Gasteiger partial charge is 0.153 e. The van der Waals surface area contributed by atoms with E-state index in [2.05, 4.69) is 35.1 Å². The first-order valence-corrected chi connectivity index (χ1v) is 5.35. The van der Waals surface area contributed by atoms with Gasteiger partial charge in [-0.2, -0.15) is 0 Å². The van der Waals surface area contributed by atoms with E-state index in [4.69, 9.17) is 0 Å². The summed E-state index contributed by atoms with van der Waals surface area (Å²) in [6, 6.07) is 4.08. The van der Waals surface area contributed by atoms with Crippen molar-refractivity contribution in [1.29, 1.82) is 0 Å². The Kier molecular flexibility index (Phi) is 2.57. The van der Waals surface area contributed by atoms with Gasteiger partial charge in [0.25, 0.3) is 0 Å². The van der Waals surface area contributed by atoms with Crippen LogP contribution in [0.1, 0.15) is 26.7 Å². The first-order chi connectivity index (χ1) is 6.86. The molecule has 76 valence electrons. The normalized spacial score (nSPS) is 19.3. The molecule has 0 aliphatic carbocycles. The van der Waals surface area contributed by atoms with Crippen LogP contribution in [0.3, 0.4) is 0 Å². The molecule has 3 heteroatoms. The van der Waals surface area contributed by atoms with Gasteiger partial charge in [-0.3, -0.25) is 0 Å². The lowest BCUT2D eigenvalue weighted by Gasteiger charge is -2.24. The molecule has 0 bridgehead atoms. The third-order valence-electron chi connectivity index (χ3n) is 2.61. The lowest BCUT2D eigenvalue weighted by molar-refractivity contribution is 0.639. The summed E-state index contributed by atoms with van der Waals surface area (Å²) in [5.74, 6) is 1.11. The number of fused-ring (bicyclic) bond motifs is 1. The van der Waals surface area contributed by atoms with Crippen LogP contribution in [0.15, 0.2) is 18.3 Å². The lowest BCUT2D eigenvalue weighted by atomic mass is 10.3. The summed E-state index contributed by atoms with van der Waals surface area (Å²) < 4.78 is 0. The fraction of sp³-hybridized carbons (Fsp3) is 0.545. The summed E-state index contributed by atoms with van der Waals surface area (Å²) in [7, 11) is 0. The van der Waals surface area contributed by atoms with Crippen LogP contribution in [0, 0.1) is 0 Å². The molecule has 1 atom stereocenters. The van der Waals surface area contributed by atoms with Crippen LogP contribution < -0.4 is 10.2 Å². The third-order valence-corrected chi connectivity index (χ3v) is 2.61. The second-order valence-electron chi connectivity index (χ2n) is 3.64. The average molecular weight is 191 g/mol. The highest BCUT2D eigenvalue weighted by atomic mass is 15.4. The molecule has 1 aliphatic heterocycles. The molecule has 0 amide bonds. The molecule has 3 nitrogen and oxygen atoms in total. The quantitative estimate of drug-likeness (QED) is 0.795. The summed E-state index contributed by atoms with van der Waals surface area (Å²) in [6.45, 7) is 5.48. The Morgan fingerprint density at radius 2 is 2.36 bits per heavy atom. The minimum atomic E-state index is 0.430. The maximum absolute atomic E-state index is 4.42. The first kappa shape index (κ1) is 9.31. The van der Waals surface area contributed by atoms with Crippen LogP contribution >= 0.6 is 0 Å². The monoisotopic (exact) mass is 191 g/mol. The highest BCUT2D eigenvalue weighted by molar-refractivity contribution is 5.71. The van der Waals surface area contributed by atoms with E-state index in [-0.39, 0.29) is 0 Å². The van der Waals surface area contributed by atoms with Gasteiger partial charge >= 0.3 is 0 Å². The van der Waals surface area contributed by atoms with Crippen LogP contribution in [0.2, 0.25) is 0 Å². The zero-order valence-corrected chi connectivity index (χ0v) is 8.83. The molecule has 2 rings (SSSR count). The minimum Gasteiger partial charge on any atom is -0.362 e. The SMILES string of the molecule is CCCN1c2ncccc2NC1CC. The van der Waals surface area contributed by atoms with Gasteiger partial charge in [-0.1, -0.05) is 13.8 Å². The number of hydrogen-bond acceptors (Lipinski definition) is 3. The topological polar surface area (TPSA) is 28.2 Å². The van der Waals surface area contributed by atoms with Crippen molar-refractivity contribution >= 4 is 11.5 Å². The molecule has 0 radical (unpaired) electrons. The number of anilines is 2. The molecule has 1 aromatic rings. The van der Waals surface area contributed by atoms with E-state index < -0.39 is 0 Å². The molecule has 1 aliphatic rings.